The van der Waals surface area contributed by atoms with Gasteiger partial charge in [-0.2, -0.15) is 0 Å². The van der Waals surface area contributed by atoms with E-state index in [-0.39, 0.29) is 5.54 Å². The third-order valence-corrected chi connectivity index (χ3v) is 4.46. The Kier molecular flexibility index (Phi) is 4.11. The normalized spacial score (nSPS) is 27.7. The number of piperazine rings is 1. The average Bonchev–Trinajstić information content (AvgIpc) is 2.74. The Morgan fingerprint density at radius 3 is 2.59 bits per heavy atom. The average molecular weight is 240 g/mol. The first-order chi connectivity index (χ1) is 8.08. The van der Waals surface area contributed by atoms with Crippen LogP contribution in [0.4, 0.5) is 0 Å². The van der Waals surface area contributed by atoms with Gasteiger partial charge >= 0.3 is 0 Å². The summed E-state index contributed by atoms with van der Waals surface area (Å²) in [6.45, 7) is 9.07. The summed E-state index contributed by atoms with van der Waals surface area (Å²) < 4.78 is 5.19. The molecule has 1 heterocycles. The maximum Gasteiger partial charge on any atom is 0.0474 e. The van der Waals surface area contributed by atoms with Crippen LogP contribution in [0.25, 0.3) is 0 Å². The SMILES string of the molecule is COCCCN1CC(C)(C)NCC12CCCC2. The van der Waals surface area contributed by atoms with Gasteiger partial charge in [0.1, 0.15) is 0 Å². The van der Waals surface area contributed by atoms with Crippen molar-refractivity contribution in [3.05, 3.63) is 0 Å². The lowest BCUT2D eigenvalue weighted by atomic mass is 9.87. The molecule has 1 spiro atoms. The molecule has 0 aromatic heterocycles. The highest BCUT2D eigenvalue weighted by molar-refractivity contribution is 5.04. The van der Waals surface area contributed by atoms with E-state index in [1.54, 1.807) is 7.11 Å². The van der Waals surface area contributed by atoms with Gasteiger partial charge in [-0.25, -0.2) is 0 Å². The van der Waals surface area contributed by atoms with Crippen LogP contribution in [0.3, 0.4) is 0 Å². The van der Waals surface area contributed by atoms with Crippen molar-refractivity contribution in [2.75, 3.05) is 33.4 Å². The lowest BCUT2D eigenvalue weighted by Crippen LogP contribution is -2.67. The minimum atomic E-state index is 0.265. The van der Waals surface area contributed by atoms with Gasteiger partial charge in [0.25, 0.3) is 0 Å². The van der Waals surface area contributed by atoms with Gasteiger partial charge in [-0.15, -0.1) is 0 Å². The Hall–Kier alpha value is -0.120. The van der Waals surface area contributed by atoms with Gasteiger partial charge in [0.2, 0.25) is 0 Å². The van der Waals surface area contributed by atoms with Crippen molar-refractivity contribution < 1.29 is 4.74 Å². The first kappa shape index (κ1) is 13.3. The molecule has 0 bridgehead atoms. The predicted molar refractivity (Wildman–Crippen MR) is 71.3 cm³/mol. The van der Waals surface area contributed by atoms with Gasteiger partial charge in [-0.3, -0.25) is 4.90 Å². The monoisotopic (exact) mass is 240 g/mol. The number of nitrogens with one attached hydrogen (secondary N) is 1. The molecule has 0 unspecified atom stereocenters. The second kappa shape index (κ2) is 5.25. The van der Waals surface area contributed by atoms with Crippen LogP contribution < -0.4 is 5.32 Å². The van der Waals surface area contributed by atoms with Crippen LogP contribution in [-0.2, 0) is 4.74 Å². The van der Waals surface area contributed by atoms with Crippen molar-refractivity contribution in [2.24, 2.45) is 0 Å². The zero-order chi connectivity index (χ0) is 12.4. The molecule has 17 heavy (non-hydrogen) atoms. The Bertz CT molecular complexity index is 247. The van der Waals surface area contributed by atoms with Crippen LogP contribution in [0.1, 0.15) is 46.0 Å². The number of methoxy groups -OCH3 is 1. The molecule has 0 radical (unpaired) electrons. The van der Waals surface area contributed by atoms with Crippen molar-refractivity contribution >= 4 is 0 Å². The molecular weight excluding hydrogens is 212 g/mol. The lowest BCUT2D eigenvalue weighted by molar-refractivity contribution is 0.0132. The van der Waals surface area contributed by atoms with E-state index in [0.29, 0.717) is 5.54 Å². The topological polar surface area (TPSA) is 24.5 Å². The van der Waals surface area contributed by atoms with Crippen molar-refractivity contribution in [3.8, 4) is 0 Å². The highest BCUT2D eigenvalue weighted by atomic mass is 16.5. The Morgan fingerprint density at radius 2 is 1.94 bits per heavy atom. The van der Waals surface area contributed by atoms with E-state index in [0.717, 1.165) is 13.0 Å². The molecule has 0 amide bonds. The van der Waals surface area contributed by atoms with Crippen molar-refractivity contribution in [1.29, 1.82) is 0 Å². The summed E-state index contributed by atoms with van der Waals surface area (Å²) >= 11 is 0. The minimum Gasteiger partial charge on any atom is -0.385 e. The first-order valence-electron chi connectivity index (χ1n) is 7.07. The fourth-order valence-corrected chi connectivity index (χ4v) is 3.46. The van der Waals surface area contributed by atoms with E-state index in [1.807, 2.05) is 0 Å². The molecule has 2 fully saturated rings. The van der Waals surface area contributed by atoms with Crippen molar-refractivity contribution in [1.82, 2.24) is 10.2 Å². The second-order valence-electron chi connectivity index (χ2n) is 6.44. The summed E-state index contributed by atoms with van der Waals surface area (Å²) in [5.74, 6) is 0. The largest absolute Gasteiger partial charge is 0.385 e. The van der Waals surface area contributed by atoms with Crippen LogP contribution in [0.15, 0.2) is 0 Å². The van der Waals surface area contributed by atoms with Crippen molar-refractivity contribution in [2.45, 2.75) is 57.0 Å². The van der Waals surface area contributed by atoms with E-state index in [4.69, 9.17) is 4.74 Å². The van der Waals surface area contributed by atoms with E-state index in [1.165, 1.54) is 45.3 Å². The third kappa shape index (κ3) is 3.01. The summed E-state index contributed by atoms with van der Waals surface area (Å²) in [6, 6.07) is 0. The van der Waals surface area contributed by atoms with E-state index in [2.05, 4.69) is 24.1 Å². The fourth-order valence-electron chi connectivity index (χ4n) is 3.46. The molecule has 0 aromatic carbocycles. The van der Waals surface area contributed by atoms with Gasteiger partial charge in [0, 0.05) is 44.4 Å². The van der Waals surface area contributed by atoms with Crippen LogP contribution in [0.2, 0.25) is 0 Å². The number of rotatable bonds is 4. The summed E-state index contributed by atoms with van der Waals surface area (Å²) in [5, 5.41) is 3.74. The fraction of sp³-hybridized carbons (Fsp3) is 1.00. The van der Waals surface area contributed by atoms with E-state index in [9.17, 15) is 0 Å². The van der Waals surface area contributed by atoms with E-state index < -0.39 is 0 Å². The third-order valence-electron chi connectivity index (χ3n) is 4.46. The van der Waals surface area contributed by atoms with Crippen LogP contribution in [0.5, 0.6) is 0 Å². The number of hydrogen-bond donors (Lipinski definition) is 1. The summed E-state index contributed by atoms with van der Waals surface area (Å²) in [5.41, 5.74) is 0.726. The zero-order valence-corrected chi connectivity index (χ0v) is 11.7. The highest BCUT2D eigenvalue weighted by Crippen LogP contribution is 2.38. The molecule has 3 heteroatoms. The molecule has 1 aliphatic heterocycles. The standard InChI is InChI=1S/C14H28N2O/c1-13(2)12-16(9-6-10-17-3)14(11-15-13)7-4-5-8-14/h15H,4-12H2,1-3H3. The molecule has 2 aliphatic rings. The quantitative estimate of drug-likeness (QED) is 0.761. The van der Waals surface area contributed by atoms with Crippen LogP contribution in [0, 0.1) is 0 Å². The minimum absolute atomic E-state index is 0.265. The Morgan fingerprint density at radius 1 is 1.24 bits per heavy atom. The molecular formula is C14H28N2O. The molecule has 1 aliphatic carbocycles. The number of ether oxygens (including phenoxy) is 1. The van der Waals surface area contributed by atoms with Gasteiger partial charge in [-0.05, 0) is 33.1 Å². The molecule has 100 valence electrons. The molecule has 1 N–H and O–H groups in total. The molecule has 1 saturated heterocycles. The van der Waals surface area contributed by atoms with E-state index >= 15 is 0 Å². The van der Waals surface area contributed by atoms with Crippen molar-refractivity contribution in [3.63, 3.8) is 0 Å². The highest BCUT2D eigenvalue weighted by Gasteiger charge is 2.45. The second-order valence-corrected chi connectivity index (χ2v) is 6.44. The molecule has 3 nitrogen and oxygen atoms in total. The molecule has 2 rings (SSSR count). The summed E-state index contributed by atoms with van der Waals surface area (Å²) in [6.07, 6.45) is 6.73. The number of hydrogen-bond acceptors (Lipinski definition) is 3. The summed E-state index contributed by atoms with van der Waals surface area (Å²) in [7, 11) is 1.80. The number of nitrogens with zero attached hydrogens (tertiary/aromatic N) is 1. The Labute approximate surface area is 106 Å². The lowest BCUT2D eigenvalue weighted by Gasteiger charge is -2.51. The molecule has 0 atom stereocenters. The van der Waals surface area contributed by atoms with Crippen LogP contribution >= 0.6 is 0 Å². The predicted octanol–water partition coefficient (Wildman–Crippen LogP) is 2.02. The maximum atomic E-state index is 5.19. The van der Waals surface area contributed by atoms with Gasteiger partial charge in [-0.1, -0.05) is 12.8 Å². The molecule has 1 saturated carbocycles. The van der Waals surface area contributed by atoms with Gasteiger partial charge in [0.15, 0.2) is 0 Å². The smallest absolute Gasteiger partial charge is 0.0474 e. The molecule has 0 aromatic rings. The van der Waals surface area contributed by atoms with Gasteiger partial charge < -0.3 is 10.1 Å². The first-order valence-corrected chi connectivity index (χ1v) is 7.07. The summed E-state index contributed by atoms with van der Waals surface area (Å²) in [4.78, 5) is 2.75. The maximum absolute atomic E-state index is 5.19. The Balaban J connectivity index is 1.99. The van der Waals surface area contributed by atoms with Crippen LogP contribution in [-0.4, -0.2) is 49.3 Å². The zero-order valence-electron chi connectivity index (χ0n) is 11.7. The van der Waals surface area contributed by atoms with Gasteiger partial charge in [0.05, 0.1) is 0 Å².